The first-order chi connectivity index (χ1) is 62.0. The zero-order valence-corrected chi connectivity index (χ0v) is 69.3. The lowest BCUT2D eigenvalue weighted by atomic mass is 9.87. The number of fused-ring (bicyclic) bond motifs is 12. The molecule has 12 aromatic carbocycles. The van der Waals surface area contributed by atoms with Gasteiger partial charge in [-0.1, -0.05) is 31.2 Å². The minimum Gasteiger partial charge on any atom is -0.490 e. The highest BCUT2D eigenvalue weighted by atomic mass is 16.7. The molecule has 0 bridgehead atoms. The number of Topliss-reactive ketones (excluding diaryl/α,β-unsaturated/α-hetero) is 1. The largest absolute Gasteiger partial charge is 0.490 e. The van der Waals surface area contributed by atoms with E-state index in [2.05, 4.69) is 0 Å². The Morgan fingerprint density at radius 3 is 0.852 bits per heavy atom. The van der Waals surface area contributed by atoms with Crippen LogP contribution in [0.3, 0.4) is 0 Å². The normalized spacial score (nSPS) is 14.1. The summed E-state index contributed by atoms with van der Waals surface area (Å²) in [6.07, 6.45) is 0.321. The standard InChI is InChI=1S/C25H24O8.C25H22O8.C23H18O8.C23H20O8/c1-25(2,29)11-31-23-17-6-15(9-27)14(8-26)5-16(17)21(22-18(23)10-30-24(22)28)13-3-4-19-20(7-13)33-12-32-19;1-2-16(28)10-30-24-18-6-15(9-27)14(8-26)5-17(18)22(23-19(24)11-31-25(23)29)13-3-4-20-21(7-13)33-12-32-20;1-11(26)31-22-16-5-14(8-25)13(7-24)4-15(16)20(21-17(22)9-28-23(21)27)12-2-3-18-19(6-12)30-10-29-18;24-3-4-28-22-16-6-14(9-26)13(8-25)5-15(16)20(21-17(22)10-29-23(21)27)12-1-2-18-19(7-12)31-11-30-18/h3-7,26-27,29H,8-12H2,1-2H3;3-7,26-27H,2,8-12H2,1H3;2-6,24-25H,7-10H2,1H3;1-2,5-7,24-26H,3-4,8-11H2. The van der Waals surface area contributed by atoms with E-state index >= 15 is 0 Å². The summed E-state index contributed by atoms with van der Waals surface area (Å²) in [7, 11) is 0. The van der Waals surface area contributed by atoms with E-state index in [4.69, 9.17) is 75.8 Å². The monoisotopic (exact) mass is 1750 g/mol. The van der Waals surface area contributed by atoms with Crippen LogP contribution in [0, 0.1) is 0 Å². The van der Waals surface area contributed by atoms with E-state index in [0.717, 1.165) is 5.56 Å². The zero-order valence-electron chi connectivity index (χ0n) is 69.3. The molecule has 10 N–H and O–H groups in total. The predicted molar refractivity (Wildman–Crippen MR) is 452 cm³/mol. The third-order valence-electron chi connectivity index (χ3n) is 22.9. The molecule has 0 fully saturated rings. The SMILES string of the molecule is CC(=O)Oc1c2c(c(-c3ccc4c(c3)OCO4)c3cc(CO)c(CO)cc13)C(=O)OC2.CC(C)(O)COc1c2c(c(-c3ccc4c(c3)OCO4)c3cc(CO)c(CO)cc13)C(=O)OC2.CCC(=O)COc1c2c(c(-c3ccc4c(c3)OCO4)c3cc(CO)c(CO)cc13)C(=O)OC2.O=C1OCc2c1c(-c1ccc3c(c1)OCO3)c1cc(CO)c(CO)cc1c2OCCO. The molecule has 128 heavy (non-hydrogen) atoms. The van der Waals surface area contributed by atoms with Crippen LogP contribution in [0.25, 0.3) is 87.6 Å². The Balaban J connectivity index is 0.000000120. The van der Waals surface area contributed by atoms with Gasteiger partial charge in [-0.15, -0.1) is 0 Å². The summed E-state index contributed by atoms with van der Waals surface area (Å²) in [5, 5.41) is 103. The van der Waals surface area contributed by atoms with Gasteiger partial charge < -0.3 is 127 Å². The summed E-state index contributed by atoms with van der Waals surface area (Å²) in [4.78, 5) is 75.1. The fraction of sp³-hybridized carbons (Fsp3) is 0.271. The highest BCUT2D eigenvalue weighted by Crippen LogP contribution is 2.54. The van der Waals surface area contributed by atoms with Crippen LogP contribution in [-0.4, -0.2) is 146 Å². The molecule has 660 valence electrons. The van der Waals surface area contributed by atoms with Gasteiger partial charge in [-0.2, -0.15) is 0 Å². The molecule has 12 aromatic rings. The van der Waals surface area contributed by atoms with Gasteiger partial charge in [0.25, 0.3) is 0 Å². The summed E-state index contributed by atoms with van der Waals surface area (Å²) in [5.41, 5.74) is 11.9. The quantitative estimate of drug-likeness (QED) is 0.0161. The molecule has 0 saturated carbocycles. The number of carbonyl (C=O) groups is 6. The number of rotatable bonds is 23. The van der Waals surface area contributed by atoms with E-state index in [1.165, 1.54) is 6.92 Å². The topological polar surface area (TPSA) is 452 Å². The lowest BCUT2D eigenvalue weighted by molar-refractivity contribution is -0.131. The van der Waals surface area contributed by atoms with Crippen LogP contribution in [0.2, 0.25) is 0 Å². The van der Waals surface area contributed by atoms with Crippen molar-refractivity contribution in [2.75, 3.05) is 53.6 Å². The van der Waals surface area contributed by atoms with Crippen molar-refractivity contribution in [1.82, 2.24) is 0 Å². The first-order valence-electron chi connectivity index (χ1n) is 40.7. The summed E-state index contributed by atoms with van der Waals surface area (Å²) in [5.74, 6) is 3.49. The second-order valence-electron chi connectivity index (χ2n) is 31.2. The number of cyclic esters (lactones) is 4. The Labute approximate surface area is 727 Å². The Morgan fingerprint density at radius 1 is 0.328 bits per heavy atom. The molecule has 0 radical (unpaired) electrons. The lowest BCUT2D eigenvalue weighted by Crippen LogP contribution is -2.28. The molecular formula is C96H84O32. The van der Waals surface area contributed by atoms with Gasteiger partial charge in [-0.05, 0) is 199 Å². The molecule has 0 amide bonds. The molecule has 0 atom stereocenters. The van der Waals surface area contributed by atoms with Crippen LogP contribution in [-0.2, 0) is 108 Å². The fourth-order valence-electron chi connectivity index (χ4n) is 16.9. The molecule has 0 unspecified atom stereocenters. The van der Waals surface area contributed by atoms with Gasteiger partial charge in [-0.25, -0.2) is 19.2 Å². The number of carbonyl (C=O) groups excluding carboxylic acids is 6. The van der Waals surface area contributed by atoms with Crippen molar-refractivity contribution in [3.05, 3.63) is 210 Å². The van der Waals surface area contributed by atoms with Crippen LogP contribution < -0.4 is 56.8 Å². The number of hydrogen-bond acceptors (Lipinski definition) is 32. The number of ketones is 1. The smallest absolute Gasteiger partial charge is 0.339 e. The molecule has 0 aromatic heterocycles. The first kappa shape index (κ1) is 86.2. The first-order valence-corrected chi connectivity index (χ1v) is 40.7. The molecule has 0 aliphatic carbocycles. The van der Waals surface area contributed by atoms with Gasteiger partial charge in [0, 0.05) is 79.4 Å². The van der Waals surface area contributed by atoms with Crippen molar-refractivity contribution < 1.29 is 156 Å². The number of esters is 5. The van der Waals surface area contributed by atoms with E-state index in [1.807, 2.05) is 18.2 Å². The number of hydrogen-bond donors (Lipinski definition) is 10. The van der Waals surface area contributed by atoms with Gasteiger partial charge in [0.2, 0.25) is 27.2 Å². The molecule has 20 rings (SSSR count). The molecule has 8 aliphatic heterocycles. The maximum absolute atomic E-state index is 12.9. The highest BCUT2D eigenvalue weighted by molar-refractivity contribution is 6.18. The van der Waals surface area contributed by atoms with Crippen molar-refractivity contribution >= 4 is 78.7 Å². The Bertz CT molecular complexity index is 6600. The molecular weight excluding hydrogens is 1670 g/mol. The van der Waals surface area contributed by atoms with Crippen molar-refractivity contribution in [3.63, 3.8) is 0 Å². The van der Waals surface area contributed by atoms with Gasteiger partial charge in [0.05, 0.1) is 87.3 Å². The zero-order chi connectivity index (χ0) is 89.7. The summed E-state index contributed by atoms with van der Waals surface area (Å²) >= 11 is 0. The molecule has 8 heterocycles. The van der Waals surface area contributed by atoms with Crippen molar-refractivity contribution in [2.45, 2.75) is 119 Å². The molecule has 0 saturated heterocycles. The van der Waals surface area contributed by atoms with Crippen LogP contribution in [0.15, 0.2) is 121 Å². The van der Waals surface area contributed by atoms with Crippen molar-refractivity contribution in [3.8, 4) is 114 Å². The number of aliphatic hydroxyl groups excluding tert-OH is 9. The maximum Gasteiger partial charge on any atom is 0.339 e. The van der Waals surface area contributed by atoms with Gasteiger partial charge in [-0.3, -0.25) is 9.59 Å². The number of benzene rings is 12. The average molecular weight is 1750 g/mol. The minimum absolute atomic E-state index is 0.00746. The van der Waals surface area contributed by atoms with Gasteiger partial charge in [0.15, 0.2) is 51.8 Å². The molecule has 8 aliphatic rings. The maximum atomic E-state index is 12.9. The van der Waals surface area contributed by atoms with Crippen LogP contribution >= 0.6 is 0 Å². The second-order valence-corrected chi connectivity index (χ2v) is 31.2. The van der Waals surface area contributed by atoms with Crippen molar-refractivity contribution in [1.29, 1.82) is 0 Å². The summed E-state index contributed by atoms with van der Waals surface area (Å²) < 4.78 is 88.4. The molecule has 32 heteroatoms. The summed E-state index contributed by atoms with van der Waals surface area (Å²) in [6, 6.07) is 35.4. The van der Waals surface area contributed by atoms with E-state index in [9.17, 15) is 79.8 Å². The highest BCUT2D eigenvalue weighted by Gasteiger charge is 2.40. The molecule has 0 spiro atoms. The van der Waals surface area contributed by atoms with E-state index < -0.39 is 35.4 Å². The number of ether oxygens (including phenoxy) is 16. The summed E-state index contributed by atoms with van der Waals surface area (Å²) in [6.45, 7) is 4.17. The van der Waals surface area contributed by atoms with Crippen LogP contribution in [0.1, 0.15) is 142 Å². The Kier molecular flexibility index (Phi) is 24.2. The minimum atomic E-state index is -1.11. The van der Waals surface area contributed by atoms with E-state index in [0.29, 0.717) is 241 Å². The Morgan fingerprint density at radius 2 is 0.586 bits per heavy atom. The number of aliphatic hydroxyl groups is 10. The van der Waals surface area contributed by atoms with Crippen LogP contribution in [0.4, 0.5) is 0 Å². The predicted octanol–water partition coefficient (Wildman–Crippen LogP) is 11.4. The van der Waals surface area contributed by atoms with Gasteiger partial charge >= 0.3 is 29.8 Å². The van der Waals surface area contributed by atoms with E-state index in [-0.39, 0.29) is 144 Å². The van der Waals surface area contributed by atoms with E-state index in [1.54, 1.807) is 124 Å². The van der Waals surface area contributed by atoms with Crippen molar-refractivity contribution in [2.24, 2.45) is 0 Å². The Hall–Kier alpha value is -13.9. The molecule has 32 nitrogen and oxygen atoms in total. The fourth-order valence-corrected chi connectivity index (χ4v) is 16.9. The average Bonchev–Trinajstić information content (AvgIpc) is 1.49. The lowest BCUT2D eigenvalue weighted by Gasteiger charge is -2.22. The van der Waals surface area contributed by atoms with Gasteiger partial charge in [0.1, 0.15) is 69.2 Å². The third-order valence-corrected chi connectivity index (χ3v) is 22.9. The second kappa shape index (κ2) is 35.9. The van der Waals surface area contributed by atoms with Crippen LogP contribution in [0.5, 0.6) is 69.0 Å². The third kappa shape index (κ3) is 15.9.